The Morgan fingerprint density at radius 1 is 1.09 bits per heavy atom. The summed E-state index contributed by atoms with van der Waals surface area (Å²) in [6.45, 7) is 0.647. The van der Waals surface area contributed by atoms with Crippen LogP contribution in [-0.2, 0) is 23.9 Å². The van der Waals surface area contributed by atoms with Crippen LogP contribution in [0.4, 0.5) is 22.7 Å². The number of ether oxygens (including phenoxy) is 1. The van der Waals surface area contributed by atoms with Gasteiger partial charge >= 0.3 is 6.18 Å². The van der Waals surface area contributed by atoms with E-state index >= 15 is 0 Å². The summed E-state index contributed by atoms with van der Waals surface area (Å²) in [7, 11) is 1.58. The first-order chi connectivity index (χ1) is 16.2. The number of hydrogen-bond donors (Lipinski definition) is 2. The van der Waals surface area contributed by atoms with Crippen LogP contribution in [0, 0.1) is 5.95 Å². The molecular formula is C23H21F4N5OS. The van der Waals surface area contributed by atoms with Crippen molar-refractivity contribution >= 4 is 27.2 Å². The molecule has 6 nitrogen and oxygen atoms in total. The fourth-order valence-electron chi connectivity index (χ4n) is 3.45. The molecule has 1 atom stereocenters. The first-order valence-corrected chi connectivity index (χ1v) is 11.1. The molecule has 34 heavy (non-hydrogen) atoms. The van der Waals surface area contributed by atoms with E-state index < -0.39 is 17.8 Å². The molecule has 0 saturated heterocycles. The van der Waals surface area contributed by atoms with E-state index in [-0.39, 0.29) is 6.04 Å². The number of pyridine rings is 2. The topological polar surface area (TPSA) is 86.0 Å². The molecular weight excluding hydrogens is 470 g/mol. The van der Waals surface area contributed by atoms with Gasteiger partial charge in [-0.15, -0.1) is 0 Å². The van der Waals surface area contributed by atoms with Gasteiger partial charge < -0.3 is 15.8 Å². The summed E-state index contributed by atoms with van der Waals surface area (Å²) in [4.78, 5) is 12.6. The number of alkyl halides is 3. The highest BCUT2D eigenvalue weighted by atomic mass is 32.1. The smallest absolute Gasteiger partial charge is 0.378 e. The van der Waals surface area contributed by atoms with E-state index in [2.05, 4.69) is 20.3 Å². The molecule has 3 aromatic heterocycles. The normalized spacial score (nSPS) is 12.8. The van der Waals surface area contributed by atoms with Crippen molar-refractivity contribution in [3.05, 3.63) is 71.7 Å². The van der Waals surface area contributed by atoms with E-state index in [9.17, 15) is 17.6 Å². The predicted octanol–water partition coefficient (Wildman–Crippen LogP) is 5.04. The molecule has 4 aromatic rings. The van der Waals surface area contributed by atoms with Gasteiger partial charge in [-0.05, 0) is 35.1 Å². The quantitative estimate of drug-likeness (QED) is 0.265. The number of aromatic nitrogens is 3. The second-order valence-corrected chi connectivity index (χ2v) is 8.69. The van der Waals surface area contributed by atoms with Crippen molar-refractivity contribution in [1.82, 2.24) is 15.0 Å². The lowest BCUT2D eigenvalue weighted by Crippen LogP contribution is -2.31. The summed E-state index contributed by atoms with van der Waals surface area (Å²) in [6, 6.07) is 9.00. The second kappa shape index (κ2) is 10.00. The molecule has 11 heteroatoms. The van der Waals surface area contributed by atoms with E-state index in [1.807, 2.05) is 18.2 Å². The molecule has 0 amide bonds. The molecule has 0 radical (unpaired) electrons. The van der Waals surface area contributed by atoms with Crippen LogP contribution in [0.2, 0.25) is 0 Å². The average Bonchev–Trinajstić information content (AvgIpc) is 3.20. The molecule has 0 aliphatic rings. The molecule has 0 fully saturated rings. The van der Waals surface area contributed by atoms with Gasteiger partial charge in [0.2, 0.25) is 5.95 Å². The molecule has 0 bridgehead atoms. The molecule has 0 aliphatic carbocycles. The number of thiazole rings is 1. The van der Waals surface area contributed by atoms with Crippen LogP contribution >= 0.6 is 11.3 Å². The summed E-state index contributed by atoms with van der Waals surface area (Å²) in [5.41, 5.74) is 7.44. The minimum atomic E-state index is -4.47. The molecule has 0 saturated carbocycles. The van der Waals surface area contributed by atoms with Gasteiger partial charge in [-0.1, -0.05) is 29.5 Å². The van der Waals surface area contributed by atoms with Gasteiger partial charge in [-0.25, -0.2) is 9.97 Å². The SMILES string of the molecule is COCc1nc(NC[C@H](N)Cc2ccc(C(F)(F)F)nc2)sc1-c1ccc2cnc(F)cc2c1. The summed E-state index contributed by atoms with van der Waals surface area (Å²) in [5, 5.41) is 5.37. The molecule has 0 aliphatic heterocycles. The van der Waals surface area contributed by atoms with E-state index in [0.717, 1.165) is 33.0 Å². The Morgan fingerprint density at radius 2 is 1.91 bits per heavy atom. The van der Waals surface area contributed by atoms with Gasteiger partial charge in [-0.3, -0.25) is 4.98 Å². The maximum atomic E-state index is 13.6. The first-order valence-electron chi connectivity index (χ1n) is 10.3. The number of rotatable bonds is 8. The second-order valence-electron chi connectivity index (χ2n) is 7.69. The van der Waals surface area contributed by atoms with E-state index in [1.54, 1.807) is 7.11 Å². The van der Waals surface area contributed by atoms with Gasteiger partial charge in [0.1, 0.15) is 5.69 Å². The van der Waals surface area contributed by atoms with Gasteiger partial charge in [0.05, 0.1) is 17.2 Å². The van der Waals surface area contributed by atoms with Crippen LogP contribution in [0.1, 0.15) is 17.0 Å². The monoisotopic (exact) mass is 491 g/mol. The molecule has 0 unspecified atom stereocenters. The Labute approximate surface area is 196 Å². The van der Waals surface area contributed by atoms with E-state index in [0.29, 0.717) is 30.3 Å². The van der Waals surface area contributed by atoms with Crippen molar-refractivity contribution in [3.63, 3.8) is 0 Å². The minimum Gasteiger partial charge on any atom is -0.378 e. The summed E-state index contributed by atoms with van der Waals surface area (Å²) in [6.07, 6.45) is -1.44. The lowest BCUT2D eigenvalue weighted by molar-refractivity contribution is -0.141. The van der Waals surface area contributed by atoms with Crippen LogP contribution in [0.25, 0.3) is 21.2 Å². The number of halogens is 4. The van der Waals surface area contributed by atoms with Crippen molar-refractivity contribution in [3.8, 4) is 10.4 Å². The van der Waals surface area contributed by atoms with Crippen LogP contribution < -0.4 is 11.1 Å². The number of fused-ring (bicyclic) bond motifs is 1. The molecule has 178 valence electrons. The zero-order chi connectivity index (χ0) is 24.3. The zero-order valence-electron chi connectivity index (χ0n) is 18.1. The molecule has 4 rings (SSSR count). The minimum absolute atomic E-state index is 0.291. The standard InChI is InChI=1S/C23H21F4N5OS/c1-33-12-18-21(14-3-4-15-10-30-20(24)8-16(15)7-14)34-22(32-18)31-11-17(28)6-13-2-5-19(29-9-13)23(25,26)27/h2-5,7-10,17H,6,11-12,28H2,1H3,(H,31,32)/t17-/m1/s1. The lowest BCUT2D eigenvalue weighted by atomic mass is 10.1. The number of methoxy groups -OCH3 is 1. The van der Waals surface area contributed by atoms with Crippen LogP contribution in [0.5, 0.6) is 0 Å². The fraction of sp³-hybridized carbons (Fsp3) is 0.261. The zero-order valence-corrected chi connectivity index (χ0v) is 18.9. The third kappa shape index (κ3) is 5.66. The van der Waals surface area contributed by atoms with Crippen LogP contribution in [0.15, 0.2) is 48.8 Å². The van der Waals surface area contributed by atoms with Crippen LogP contribution in [-0.4, -0.2) is 34.6 Å². The average molecular weight is 492 g/mol. The number of nitrogens with one attached hydrogen (secondary N) is 1. The highest BCUT2D eigenvalue weighted by Crippen LogP contribution is 2.35. The number of nitrogens with two attached hydrogens (primary N) is 1. The summed E-state index contributed by atoms with van der Waals surface area (Å²) < 4.78 is 56.8. The lowest BCUT2D eigenvalue weighted by Gasteiger charge is -2.13. The van der Waals surface area contributed by atoms with Crippen molar-refractivity contribution in [2.45, 2.75) is 25.2 Å². The maximum absolute atomic E-state index is 13.6. The fourth-order valence-corrected chi connectivity index (χ4v) is 4.42. The number of hydrogen-bond acceptors (Lipinski definition) is 7. The van der Waals surface area contributed by atoms with Crippen molar-refractivity contribution in [2.24, 2.45) is 5.73 Å². The Morgan fingerprint density at radius 3 is 2.62 bits per heavy atom. The van der Waals surface area contributed by atoms with Crippen LogP contribution in [0.3, 0.4) is 0 Å². The Bertz CT molecular complexity index is 1280. The molecule has 3 heterocycles. The van der Waals surface area contributed by atoms with Gasteiger partial charge in [0.25, 0.3) is 0 Å². The first kappa shape index (κ1) is 24.0. The Balaban J connectivity index is 1.46. The number of benzene rings is 1. The number of anilines is 1. The Hall–Kier alpha value is -3.15. The van der Waals surface area contributed by atoms with Gasteiger partial charge in [0, 0.05) is 43.5 Å². The van der Waals surface area contributed by atoms with Gasteiger partial charge in [-0.2, -0.15) is 17.6 Å². The van der Waals surface area contributed by atoms with Crippen molar-refractivity contribution in [2.75, 3.05) is 19.0 Å². The Kier molecular flexibility index (Phi) is 7.05. The van der Waals surface area contributed by atoms with E-state index in [1.165, 1.54) is 35.9 Å². The highest BCUT2D eigenvalue weighted by Gasteiger charge is 2.32. The summed E-state index contributed by atoms with van der Waals surface area (Å²) in [5.74, 6) is -0.550. The molecule has 0 spiro atoms. The molecule has 3 N–H and O–H groups in total. The third-order valence-corrected chi connectivity index (χ3v) is 6.16. The predicted molar refractivity (Wildman–Crippen MR) is 123 cm³/mol. The van der Waals surface area contributed by atoms with E-state index in [4.69, 9.17) is 10.5 Å². The molecule has 1 aromatic carbocycles. The van der Waals surface area contributed by atoms with Crippen molar-refractivity contribution < 1.29 is 22.3 Å². The van der Waals surface area contributed by atoms with Gasteiger partial charge in [0.15, 0.2) is 5.13 Å². The number of nitrogens with zero attached hydrogens (tertiary/aromatic N) is 3. The third-order valence-electron chi connectivity index (χ3n) is 5.06. The van der Waals surface area contributed by atoms with Crippen molar-refractivity contribution in [1.29, 1.82) is 0 Å². The largest absolute Gasteiger partial charge is 0.433 e. The maximum Gasteiger partial charge on any atom is 0.433 e. The highest BCUT2D eigenvalue weighted by molar-refractivity contribution is 7.19. The summed E-state index contributed by atoms with van der Waals surface area (Å²) >= 11 is 1.41.